The number of amides is 4. The van der Waals surface area contributed by atoms with Crippen LogP contribution in [0.25, 0.3) is 22.4 Å². The maximum atomic E-state index is 13.9. The van der Waals surface area contributed by atoms with Crippen LogP contribution in [0.1, 0.15) is 112 Å². The van der Waals surface area contributed by atoms with Gasteiger partial charge in [0.05, 0.1) is 44.4 Å². The van der Waals surface area contributed by atoms with Crippen LogP contribution in [0.2, 0.25) is 0 Å². The second-order valence-corrected chi connectivity index (χ2v) is 17.7. The van der Waals surface area contributed by atoms with Crippen molar-refractivity contribution in [3.05, 3.63) is 119 Å². The molecule has 0 bridgehead atoms. The van der Waals surface area contributed by atoms with Gasteiger partial charge in [0, 0.05) is 24.2 Å². The van der Waals surface area contributed by atoms with Gasteiger partial charge in [-0.25, -0.2) is 19.6 Å². The highest BCUT2D eigenvalue weighted by Gasteiger charge is 2.39. The van der Waals surface area contributed by atoms with Gasteiger partial charge in [-0.3, -0.25) is 9.59 Å². The predicted octanol–water partition coefficient (Wildman–Crippen LogP) is 8.82. The molecule has 4 unspecified atom stereocenters. The van der Waals surface area contributed by atoms with Crippen molar-refractivity contribution in [3.8, 4) is 46.1 Å². The zero-order valence-electron chi connectivity index (χ0n) is 38.8. The van der Waals surface area contributed by atoms with Crippen LogP contribution in [-0.2, 0) is 24.5 Å². The number of H-pyrrole nitrogens is 2. The molecule has 2 saturated heterocycles. The smallest absolute Gasteiger partial charge is 0.407 e. The lowest BCUT2D eigenvalue weighted by Gasteiger charge is -2.30. The van der Waals surface area contributed by atoms with Gasteiger partial charge in [0.15, 0.2) is 0 Å². The first-order chi connectivity index (χ1) is 31.2. The summed E-state index contributed by atoms with van der Waals surface area (Å²) < 4.78 is 9.63. The first-order valence-corrected chi connectivity index (χ1v) is 22.0. The van der Waals surface area contributed by atoms with E-state index in [1.807, 2.05) is 44.2 Å². The van der Waals surface area contributed by atoms with Crippen molar-refractivity contribution < 1.29 is 28.7 Å². The monoisotopic (exact) mass is 948 g/mol. The number of nitrogens with one attached hydrogen (secondary N) is 4. The van der Waals surface area contributed by atoms with Gasteiger partial charge in [-0.15, -0.1) is 24.8 Å². The fraction of sp³-hybridized carbons (Fsp3) is 0.373. The molecular weight excluding hydrogens is 892 g/mol. The van der Waals surface area contributed by atoms with E-state index in [9.17, 15) is 19.2 Å². The lowest BCUT2D eigenvalue weighted by molar-refractivity contribution is -0.135. The average Bonchev–Trinajstić information content (AvgIpc) is 4.16. The molecule has 2 fully saturated rings. The van der Waals surface area contributed by atoms with E-state index in [2.05, 4.69) is 100 Å². The molecule has 14 nitrogen and oxygen atoms in total. The number of hydrogen-bond acceptors (Lipinski definition) is 8. The van der Waals surface area contributed by atoms with E-state index in [1.165, 1.54) is 19.8 Å². The Bertz CT molecular complexity index is 2650. The van der Waals surface area contributed by atoms with Crippen LogP contribution in [0.15, 0.2) is 85.2 Å². The molecule has 16 heteroatoms. The zero-order chi connectivity index (χ0) is 46.3. The van der Waals surface area contributed by atoms with Crippen molar-refractivity contribution in [2.45, 2.75) is 89.9 Å². The van der Waals surface area contributed by atoms with Crippen molar-refractivity contribution in [3.63, 3.8) is 0 Å². The van der Waals surface area contributed by atoms with Crippen molar-refractivity contribution in [1.82, 2.24) is 40.4 Å². The van der Waals surface area contributed by atoms with Crippen molar-refractivity contribution in [2.75, 3.05) is 27.3 Å². The van der Waals surface area contributed by atoms with Crippen LogP contribution in [0.3, 0.4) is 0 Å². The Morgan fingerprint density at radius 1 is 0.731 bits per heavy atom. The minimum atomic E-state index is -0.914. The summed E-state index contributed by atoms with van der Waals surface area (Å²) in [7, 11) is 2.55. The molecule has 2 aliphatic heterocycles. The Morgan fingerprint density at radius 2 is 1.31 bits per heavy atom. The van der Waals surface area contributed by atoms with Crippen LogP contribution in [0.4, 0.5) is 9.59 Å². The first-order valence-electron chi connectivity index (χ1n) is 22.0. The van der Waals surface area contributed by atoms with Gasteiger partial charge in [-0.05, 0) is 89.2 Å². The molecule has 7 rings (SSSR count). The standard InChI is InChI=1S/C51H56N8O6.2ClH/c1-32(2)43(56-49(62)64-6)47(60)58-27-14-20-42(58)46-53-31-40(55-46)36-22-21-33(39(29-36)34-23-25-37(26-24-34)51(3,4)5)15-11-12-18-38-30-52-45(54-38)41-19-13-28-59(41)48(61)44(57-50(63)65-7)35-16-9-8-10-17-35;;/h8-10,16-17,21-26,29-32,41-44H,13-14,19-20,27-28H2,1-7H3,(H,52,54)(H,53,55)(H,56,62)(H,57,63);2*1H. The Labute approximate surface area is 404 Å². The summed E-state index contributed by atoms with van der Waals surface area (Å²) in [6.07, 6.45) is 5.14. The minimum Gasteiger partial charge on any atom is -0.453 e. The van der Waals surface area contributed by atoms with E-state index in [4.69, 9.17) is 14.5 Å². The number of hydrogen-bond donors (Lipinski definition) is 4. The molecule has 4 amide bonds. The number of rotatable bonds is 10. The van der Waals surface area contributed by atoms with Gasteiger partial charge in [-0.2, -0.15) is 0 Å². The summed E-state index contributed by atoms with van der Waals surface area (Å²) in [4.78, 5) is 71.7. The molecule has 2 aromatic heterocycles. The van der Waals surface area contributed by atoms with Crippen LogP contribution in [0, 0.1) is 29.6 Å². The fourth-order valence-corrected chi connectivity index (χ4v) is 8.41. The van der Waals surface area contributed by atoms with Crippen LogP contribution in [-0.4, -0.2) is 87.1 Å². The molecule has 0 aliphatic carbocycles. The number of benzene rings is 3. The first kappa shape index (κ1) is 51.2. The molecule has 2 aliphatic rings. The van der Waals surface area contributed by atoms with Crippen molar-refractivity contribution in [2.24, 2.45) is 5.92 Å². The fourth-order valence-electron chi connectivity index (χ4n) is 8.41. The third kappa shape index (κ3) is 12.0. The number of ether oxygens (including phenoxy) is 2. The van der Waals surface area contributed by atoms with Gasteiger partial charge in [0.2, 0.25) is 5.91 Å². The van der Waals surface area contributed by atoms with Gasteiger partial charge in [-0.1, -0.05) is 101 Å². The van der Waals surface area contributed by atoms with Gasteiger partial charge in [0.1, 0.15) is 29.4 Å². The number of halogens is 2. The molecule has 0 radical (unpaired) electrons. The third-order valence-electron chi connectivity index (χ3n) is 12.0. The summed E-state index contributed by atoms with van der Waals surface area (Å²) in [6, 6.07) is 21.4. The van der Waals surface area contributed by atoms with Gasteiger partial charge >= 0.3 is 12.2 Å². The quantitative estimate of drug-likeness (QED) is 0.101. The zero-order valence-corrected chi connectivity index (χ0v) is 40.4. The number of alkyl carbamates (subject to hydrolysis) is 2. The summed E-state index contributed by atoms with van der Waals surface area (Å²) in [5.41, 5.74) is 6.81. The highest BCUT2D eigenvalue weighted by atomic mass is 35.5. The topological polar surface area (TPSA) is 175 Å². The molecule has 352 valence electrons. The number of aromatic amines is 2. The van der Waals surface area contributed by atoms with E-state index in [1.54, 1.807) is 34.3 Å². The Balaban J connectivity index is 0.00000420. The SMILES string of the molecule is COC(=O)NC(C(=O)N1CCCC1c1ncc(C#CC#Cc2ccc(-c3cnc(C4CCCN4C(=O)C(NC(=O)OC)C(C)C)[nH]3)cc2-c2ccc(C(C)(C)C)cc2)[nH]1)c1ccccc1.Cl.Cl. The maximum Gasteiger partial charge on any atom is 0.407 e. The summed E-state index contributed by atoms with van der Waals surface area (Å²) in [5, 5.41) is 5.41. The Morgan fingerprint density at radius 3 is 1.94 bits per heavy atom. The number of methoxy groups -OCH3 is 2. The van der Waals surface area contributed by atoms with E-state index in [0.717, 1.165) is 47.2 Å². The number of aromatic nitrogens is 4. The van der Waals surface area contributed by atoms with E-state index in [0.29, 0.717) is 42.4 Å². The largest absolute Gasteiger partial charge is 0.453 e. The number of imidazole rings is 2. The predicted molar refractivity (Wildman–Crippen MR) is 261 cm³/mol. The van der Waals surface area contributed by atoms with Crippen molar-refractivity contribution in [1.29, 1.82) is 0 Å². The van der Waals surface area contributed by atoms with E-state index >= 15 is 0 Å². The van der Waals surface area contributed by atoms with E-state index in [-0.39, 0.29) is 60.0 Å². The molecule has 4 heterocycles. The minimum absolute atomic E-state index is 0. The molecule has 67 heavy (non-hydrogen) atoms. The van der Waals surface area contributed by atoms with Crippen LogP contribution in [0.5, 0.6) is 0 Å². The molecule has 4 N–H and O–H groups in total. The molecule has 0 saturated carbocycles. The molecule has 0 spiro atoms. The van der Waals surface area contributed by atoms with Gasteiger partial charge in [0.25, 0.3) is 5.91 Å². The summed E-state index contributed by atoms with van der Waals surface area (Å²) in [5.74, 6) is 13.1. The molecule has 3 aromatic carbocycles. The van der Waals surface area contributed by atoms with E-state index < -0.39 is 24.3 Å². The molecule has 5 aromatic rings. The third-order valence-corrected chi connectivity index (χ3v) is 12.0. The number of carbonyl (C=O) groups is 4. The average molecular weight is 950 g/mol. The highest BCUT2D eigenvalue weighted by molar-refractivity contribution is 5.88. The highest BCUT2D eigenvalue weighted by Crippen LogP contribution is 2.36. The lowest BCUT2D eigenvalue weighted by atomic mass is 9.86. The van der Waals surface area contributed by atoms with Crippen molar-refractivity contribution >= 4 is 48.8 Å². The number of carbonyl (C=O) groups excluding carboxylic acids is 4. The number of nitrogens with zero attached hydrogens (tertiary/aromatic N) is 4. The Hall–Kier alpha value is -6.74. The molecular formula is C51H58Cl2N8O6. The lowest BCUT2D eigenvalue weighted by Crippen LogP contribution is -2.51. The second kappa shape index (κ2) is 22.6. The Kier molecular flexibility index (Phi) is 17.3. The van der Waals surface area contributed by atoms with Crippen LogP contribution >= 0.6 is 24.8 Å². The number of likely N-dealkylation sites (tertiary alicyclic amines) is 2. The van der Waals surface area contributed by atoms with Gasteiger partial charge < -0.3 is 39.9 Å². The molecule has 4 atom stereocenters. The second-order valence-electron chi connectivity index (χ2n) is 17.7. The summed E-state index contributed by atoms with van der Waals surface area (Å²) >= 11 is 0. The van der Waals surface area contributed by atoms with Crippen LogP contribution < -0.4 is 10.6 Å². The maximum absolute atomic E-state index is 13.9. The summed E-state index contributed by atoms with van der Waals surface area (Å²) in [6.45, 7) is 11.4. The normalized spacial score (nSPS) is 16.2.